The zero-order valence-corrected chi connectivity index (χ0v) is 7.29. The summed E-state index contributed by atoms with van der Waals surface area (Å²) in [6.07, 6.45) is 0.882. The summed E-state index contributed by atoms with van der Waals surface area (Å²) in [5, 5.41) is 2.63. The van der Waals surface area contributed by atoms with Gasteiger partial charge in [-0.05, 0) is 18.6 Å². The molecule has 0 saturated carbocycles. The van der Waals surface area contributed by atoms with Crippen LogP contribution < -0.4 is 5.32 Å². The van der Waals surface area contributed by atoms with Crippen LogP contribution in [-0.4, -0.2) is 10.9 Å². The van der Waals surface area contributed by atoms with Crippen molar-refractivity contribution in [3.63, 3.8) is 0 Å². The third-order valence-corrected chi connectivity index (χ3v) is 1.47. The Morgan fingerprint density at radius 3 is 3.00 bits per heavy atom. The summed E-state index contributed by atoms with van der Waals surface area (Å²) in [5.74, 6) is 0.539. The van der Waals surface area contributed by atoms with E-state index in [-0.39, 0.29) is 7.33 Å². The summed E-state index contributed by atoms with van der Waals surface area (Å²) in [5.41, 5.74) is 0.987. The fourth-order valence-corrected chi connectivity index (χ4v) is 0.926. The number of hydrogen-bond donors (Lipinski definition) is 1. The minimum absolute atomic E-state index is 0. The molecular formula is C9H14N2O. The smallest absolute Gasteiger partial charge is 0.222 e. The van der Waals surface area contributed by atoms with Gasteiger partial charge in [-0.2, -0.15) is 0 Å². The first-order chi connectivity index (χ1) is 5.72. The summed E-state index contributed by atoms with van der Waals surface area (Å²) < 4.78 is 0. The van der Waals surface area contributed by atoms with Gasteiger partial charge in [-0.25, -0.2) is 4.98 Å². The van der Waals surface area contributed by atoms with Gasteiger partial charge in [-0.3, -0.25) is 4.79 Å². The molecule has 0 fully saturated rings. The largest absolute Gasteiger partial charge is 0.311 e. The average Bonchev–Trinajstić information content (AvgIpc) is 2.03. The standard InChI is InChI=1S/C9H12N2O.H2/c1-3-8-5-4-6-9(11-8)10-7(2)12;/h4-6H,3H2,1-2H3,(H,10,11,12);1H. The minimum atomic E-state index is -0.0873. The van der Waals surface area contributed by atoms with Crippen LogP contribution in [0.3, 0.4) is 0 Å². The quantitative estimate of drug-likeness (QED) is 0.728. The van der Waals surface area contributed by atoms with E-state index in [1.165, 1.54) is 6.92 Å². The van der Waals surface area contributed by atoms with Gasteiger partial charge in [-0.1, -0.05) is 13.0 Å². The van der Waals surface area contributed by atoms with Crippen molar-refractivity contribution in [2.24, 2.45) is 0 Å². The van der Waals surface area contributed by atoms with E-state index in [0.717, 1.165) is 12.1 Å². The number of aryl methyl sites for hydroxylation is 1. The second kappa shape index (κ2) is 3.85. The molecule has 0 atom stereocenters. The molecule has 12 heavy (non-hydrogen) atoms. The summed E-state index contributed by atoms with van der Waals surface area (Å²) in [6.45, 7) is 3.50. The Bertz CT molecular complexity index is 289. The van der Waals surface area contributed by atoms with Gasteiger partial charge >= 0.3 is 0 Å². The molecule has 0 aliphatic rings. The molecule has 1 amide bonds. The lowest BCUT2D eigenvalue weighted by Crippen LogP contribution is -2.07. The second-order valence-electron chi connectivity index (χ2n) is 2.55. The molecule has 0 unspecified atom stereocenters. The van der Waals surface area contributed by atoms with Crippen LogP contribution in [-0.2, 0) is 11.2 Å². The number of hydrogen-bond acceptors (Lipinski definition) is 2. The van der Waals surface area contributed by atoms with Gasteiger partial charge < -0.3 is 5.32 Å². The molecule has 0 aromatic carbocycles. The molecule has 0 bridgehead atoms. The topological polar surface area (TPSA) is 42.0 Å². The Labute approximate surface area is 73.3 Å². The molecule has 0 radical (unpaired) electrons. The van der Waals surface area contributed by atoms with Crippen LogP contribution in [0.1, 0.15) is 21.0 Å². The average molecular weight is 166 g/mol. The molecule has 1 rings (SSSR count). The number of anilines is 1. The molecule has 1 N–H and O–H groups in total. The van der Waals surface area contributed by atoms with E-state index in [0.29, 0.717) is 5.82 Å². The first-order valence-electron chi connectivity index (χ1n) is 3.96. The van der Waals surface area contributed by atoms with Crippen molar-refractivity contribution in [2.75, 3.05) is 5.32 Å². The number of carbonyl (C=O) groups excluding carboxylic acids is 1. The monoisotopic (exact) mass is 166 g/mol. The summed E-state index contributed by atoms with van der Waals surface area (Å²) >= 11 is 0. The maximum Gasteiger partial charge on any atom is 0.222 e. The number of carbonyl (C=O) groups is 1. The predicted octanol–water partition coefficient (Wildman–Crippen LogP) is 1.85. The van der Waals surface area contributed by atoms with Crippen molar-refractivity contribution in [2.45, 2.75) is 20.3 Å². The molecule has 3 nitrogen and oxygen atoms in total. The lowest BCUT2D eigenvalue weighted by Gasteiger charge is -2.01. The van der Waals surface area contributed by atoms with E-state index < -0.39 is 0 Å². The first-order valence-corrected chi connectivity index (χ1v) is 3.96. The summed E-state index contributed by atoms with van der Waals surface area (Å²) in [7, 11) is 0. The van der Waals surface area contributed by atoms with Crippen LogP contribution in [0.15, 0.2) is 18.2 Å². The highest BCUT2D eigenvalue weighted by Crippen LogP contribution is 2.04. The maximum atomic E-state index is 10.7. The number of rotatable bonds is 2. The predicted molar refractivity (Wildman–Crippen MR) is 50.0 cm³/mol. The molecule has 0 aliphatic carbocycles. The molecule has 0 spiro atoms. The number of pyridine rings is 1. The number of amides is 1. The minimum Gasteiger partial charge on any atom is -0.311 e. The Morgan fingerprint density at radius 1 is 1.67 bits per heavy atom. The van der Waals surface area contributed by atoms with Crippen LogP contribution in [0.5, 0.6) is 0 Å². The van der Waals surface area contributed by atoms with Crippen molar-refractivity contribution in [1.82, 2.24) is 4.98 Å². The van der Waals surface area contributed by atoms with Gasteiger partial charge in [0.05, 0.1) is 0 Å². The molecular weight excluding hydrogens is 152 g/mol. The fourth-order valence-electron chi connectivity index (χ4n) is 0.926. The number of nitrogens with one attached hydrogen (secondary N) is 1. The zero-order valence-electron chi connectivity index (χ0n) is 7.29. The summed E-state index contributed by atoms with van der Waals surface area (Å²) in [4.78, 5) is 14.9. The zero-order chi connectivity index (χ0) is 8.97. The molecule has 1 heterocycles. The van der Waals surface area contributed by atoms with Gasteiger partial charge in [0, 0.05) is 14.0 Å². The van der Waals surface area contributed by atoms with E-state index in [9.17, 15) is 4.79 Å². The third kappa shape index (κ3) is 2.34. The Kier molecular flexibility index (Phi) is 2.80. The van der Waals surface area contributed by atoms with Crippen LogP contribution in [0.25, 0.3) is 0 Å². The van der Waals surface area contributed by atoms with Crippen molar-refractivity contribution in [3.8, 4) is 0 Å². The highest BCUT2D eigenvalue weighted by atomic mass is 16.1. The van der Waals surface area contributed by atoms with Crippen molar-refractivity contribution < 1.29 is 6.22 Å². The van der Waals surface area contributed by atoms with E-state index in [4.69, 9.17) is 0 Å². The number of nitrogens with zero attached hydrogens (tertiary/aromatic N) is 1. The van der Waals surface area contributed by atoms with Crippen LogP contribution in [0.4, 0.5) is 5.82 Å². The van der Waals surface area contributed by atoms with Crippen LogP contribution >= 0.6 is 0 Å². The Morgan fingerprint density at radius 2 is 2.42 bits per heavy atom. The molecule has 1 aromatic rings. The summed E-state index contributed by atoms with van der Waals surface area (Å²) in [6, 6.07) is 5.60. The first kappa shape index (κ1) is 8.71. The van der Waals surface area contributed by atoms with Crippen molar-refractivity contribution >= 4 is 11.7 Å². The number of aromatic nitrogens is 1. The normalized spacial score (nSPS) is 9.50. The molecule has 3 heteroatoms. The van der Waals surface area contributed by atoms with Gasteiger partial charge in [0.15, 0.2) is 0 Å². The molecule has 66 valence electrons. The van der Waals surface area contributed by atoms with Crippen LogP contribution in [0.2, 0.25) is 0 Å². The van der Waals surface area contributed by atoms with E-state index in [1.54, 1.807) is 6.07 Å². The fraction of sp³-hybridized carbons (Fsp3) is 0.333. The lowest BCUT2D eigenvalue weighted by atomic mass is 10.3. The second-order valence-corrected chi connectivity index (χ2v) is 2.55. The highest BCUT2D eigenvalue weighted by molar-refractivity contribution is 5.87. The lowest BCUT2D eigenvalue weighted by molar-refractivity contribution is -0.114. The molecule has 0 saturated heterocycles. The van der Waals surface area contributed by atoms with E-state index in [2.05, 4.69) is 10.3 Å². The third-order valence-electron chi connectivity index (χ3n) is 1.47. The highest BCUT2D eigenvalue weighted by Gasteiger charge is 1.96. The van der Waals surface area contributed by atoms with Gasteiger partial charge in [0.25, 0.3) is 0 Å². The molecule has 0 aliphatic heterocycles. The van der Waals surface area contributed by atoms with Gasteiger partial charge in [0.2, 0.25) is 5.91 Å². The van der Waals surface area contributed by atoms with Crippen LogP contribution in [0, 0.1) is 0 Å². The van der Waals surface area contributed by atoms with Gasteiger partial charge in [0.1, 0.15) is 5.82 Å². The van der Waals surface area contributed by atoms with Crippen molar-refractivity contribution in [1.29, 1.82) is 0 Å². The van der Waals surface area contributed by atoms with E-state index in [1.807, 2.05) is 19.1 Å². The Balaban J connectivity index is 0.00000144. The Hall–Kier alpha value is -1.38. The van der Waals surface area contributed by atoms with E-state index >= 15 is 0 Å². The van der Waals surface area contributed by atoms with Crippen molar-refractivity contribution in [3.05, 3.63) is 23.9 Å². The van der Waals surface area contributed by atoms with Gasteiger partial charge in [-0.15, -0.1) is 0 Å². The molecule has 1 aromatic heterocycles. The SMILES string of the molecule is CCc1cccc(NC(C)=O)n1.[HH]. The maximum absolute atomic E-state index is 10.7.